The number of halogens is 1. The molecule has 0 spiro atoms. The highest BCUT2D eigenvalue weighted by Gasteiger charge is 1.99. The van der Waals surface area contributed by atoms with E-state index in [9.17, 15) is 0 Å². The van der Waals surface area contributed by atoms with Crippen molar-refractivity contribution in [1.82, 2.24) is 4.98 Å². The molecule has 1 rings (SSSR count). The van der Waals surface area contributed by atoms with E-state index in [2.05, 4.69) is 26.8 Å². The van der Waals surface area contributed by atoms with Gasteiger partial charge >= 0.3 is 0 Å². The van der Waals surface area contributed by atoms with Gasteiger partial charge in [-0.3, -0.25) is 0 Å². The molecule has 1 atom stereocenters. The molecule has 1 unspecified atom stereocenters. The van der Waals surface area contributed by atoms with Gasteiger partial charge in [0, 0.05) is 0 Å². The average molecular weight is 240 g/mol. The minimum absolute atomic E-state index is 0.166. The number of nitrogens with zero attached hydrogens (tertiary/aromatic N) is 1. The summed E-state index contributed by atoms with van der Waals surface area (Å²) in [6.45, 7) is 2.28. The Hall–Kier alpha value is -0.850. The minimum Gasteiger partial charge on any atom is -0.360 e. The Morgan fingerprint density at radius 1 is 1.69 bits per heavy atom. The third-order valence-corrected chi connectivity index (χ3v) is 1.93. The van der Waals surface area contributed by atoms with Crippen LogP contribution < -0.4 is 0 Å². The van der Waals surface area contributed by atoms with Crippen molar-refractivity contribution in [3.8, 4) is 12.3 Å². The van der Waals surface area contributed by atoms with Gasteiger partial charge < -0.3 is 4.74 Å². The van der Waals surface area contributed by atoms with Crippen LogP contribution in [0, 0.1) is 12.3 Å². The molecule has 0 saturated heterocycles. The van der Waals surface area contributed by atoms with E-state index in [1.807, 2.05) is 25.1 Å². The van der Waals surface area contributed by atoms with E-state index in [4.69, 9.17) is 11.2 Å². The molecule has 1 aromatic rings. The van der Waals surface area contributed by atoms with Gasteiger partial charge in [0.2, 0.25) is 0 Å². The summed E-state index contributed by atoms with van der Waals surface area (Å²) < 4.78 is 6.12. The fourth-order valence-corrected chi connectivity index (χ4v) is 1.17. The maximum Gasteiger partial charge on any atom is 0.115 e. The first-order valence-corrected chi connectivity index (χ1v) is 4.71. The molecule has 0 N–H and O–H groups in total. The molecule has 1 heterocycles. The molecule has 2 nitrogen and oxygen atoms in total. The van der Waals surface area contributed by atoms with E-state index in [1.54, 1.807) is 0 Å². The van der Waals surface area contributed by atoms with Crippen molar-refractivity contribution in [2.45, 2.75) is 19.6 Å². The first kappa shape index (κ1) is 10.2. The van der Waals surface area contributed by atoms with Crippen LogP contribution in [0.15, 0.2) is 22.8 Å². The first-order valence-electron chi connectivity index (χ1n) is 3.91. The van der Waals surface area contributed by atoms with Gasteiger partial charge in [-0.15, -0.1) is 6.42 Å². The van der Waals surface area contributed by atoms with Crippen LogP contribution in [0.4, 0.5) is 0 Å². The van der Waals surface area contributed by atoms with Crippen LogP contribution in [-0.4, -0.2) is 11.1 Å². The van der Waals surface area contributed by atoms with Crippen LogP contribution >= 0.6 is 15.9 Å². The normalized spacial score (nSPS) is 12.1. The summed E-state index contributed by atoms with van der Waals surface area (Å²) in [5.41, 5.74) is 0.872. The number of hydrogen-bond donors (Lipinski definition) is 0. The number of hydrogen-bond acceptors (Lipinski definition) is 2. The summed E-state index contributed by atoms with van der Waals surface area (Å²) in [5.74, 6) is 2.49. The number of terminal acetylenes is 1. The summed E-state index contributed by atoms with van der Waals surface area (Å²) in [4.78, 5) is 4.20. The van der Waals surface area contributed by atoms with Crippen molar-refractivity contribution in [2.75, 3.05) is 0 Å². The van der Waals surface area contributed by atoms with Gasteiger partial charge in [0.1, 0.15) is 10.7 Å². The number of ether oxygens (including phenoxy) is 1. The predicted octanol–water partition coefficient (Wildman–Crippen LogP) is 2.38. The van der Waals surface area contributed by atoms with Gasteiger partial charge in [0.05, 0.1) is 12.3 Å². The molecule has 0 aliphatic rings. The lowest BCUT2D eigenvalue weighted by Gasteiger charge is -2.05. The van der Waals surface area contributed by atoms with Crippen LogP contribution in [0.1, 0.15) is 12.6 Å². The van der Waals surface area contributed by atoms with Gasteiger partial charge in [-0.2, -0.15) is 0 Å². The van der Waals surface area contributed by atoms with Gasteiger partial charge in [-0.05, 0) is 35.0 Å². The Bertz CT molecular complexity index is 319. The lowest BCUT2D eigenvalue weighted by molar-refractivity contribution is 0.0877. The molecule has 68 valence electrons. The fourth-order valence-electron chi connectivity index (χ4n) is 0.789. The van der Waals surface area contributed by atoms with E-state index < -0.39 is 0 Å². The fraction of sp³-hybridized carbons (Fsp3) is 0.300. The number of rotatable bonds is 3. The third-order valence-electron chi connectivity index (χ3n) is 1.49. The van der Waals surface area contributed by atoms with Crippen molar-refractivity contribution < 1.29 is 4.74 Å². The minimum atomic E-state index is -0.166. The summed E-state index contributed by atoms with van der Waals surface area (Å²) in [6, 6.07) is 5.68. The largest absolute Gasteiger partial charge is 0.360 e. The molecule has 0 amide bonds. The second kappa shape index (κ2) is 5.00. The zero-order chi connectivity index (χ0) is 9.68. The number of aromatic nitrogens is 1. The van der Waals surface area contributed by atoms with E-state index >= 15 is 0 Å². The monoisotopic (exact) mass is 239 g/mol. The van der Waals surface area contributed by atoms with Crippen molar-refractivity contribution in [1.29, 1.82) is 0 Å². The van der Waals surface area contributed by atoms with Crippen LogP contribution in [-0.2, 0) is 11.3 Å². The topological polar surface area (TPSA) is 22.1 Å². The molecule has 0 aliphatic carbocycles. The highest BCUT2D eigenvalue weighted by Crippen LogP contribution is 2.07. The maximum absolute atomic E-state index is 5.31. The lowest BCUT2D eigenvalue weighted by Crippen LogP contribution is -2.05. The van der Waals surface area contributed by atoms with Crippen LogP contribution in [0.2, 0.25) is 0 Å². The van der Waals surface area contributed by atoms with Crippen LogP contribution in [0.5, 0.6) is 0 Å². The summed E-state index contributed by atoms with van der Waals surface area (Å²) in [7, 11) is 0. The zero-order valence-electron chi connectivity index (χ0n) is 7.33. The standard InChI is InChI=1S/C10H10BrNO/c1-3-8(2)13-7-9-5-4-6-10(11)12-9/h1,4-6,8H,7H2,2H3. The number of pyridine rings is 1. The van der Waals surface area contributed by atoms with Crippen molar-refractivity contribution in [3.63, 3.8) is 0 Å². The predicted molar refractivity (Wildman–Crippen MR) is 55.0 cm³/mol. The molecule has 1 aromatic heterocycles. The first-order chi connectivity index (χ1) is 6.22. The molecule has 13 heavy (non-hydrogen) atoms. The summed E-state index contributed by atoms with van der Waals surface area (Å²) >= 11 is 3.28. The molecular weight excluding hydrogens is 230 g/mol. The molecule has 0 aliphatic heterocycles. The zero-order valence-corrected chi connectivity index (χ0v) is 8.91. The van der Waals surface area contributed by atoms with E-state index in [-0.39, 0.29) is 6.10 Å². The highest BCUT2D eigenvalue weighted by atomic mass is 79.9. The van der Waals surface area contributed by atoms with Crippen LogP contribution in [0.25, 0.3) is 0 Å². The summed E-state index contributed by atoms with van der Waals surface area (Å²) in [6.07, 6.45) is 5.00. The van der Waals surface area contributed by atoms with Crippen LogP contribution in [0.3, 0.4) is 0 Å². The molecule has 0 saturated carbocycles. The quantitative estimate of drug-likeness (QED) is 0.597. The molecule has 0 aromatic carbocycles. The van der Waals surface area contributed by atoms with Gasteiger partial charge in [0.15, 0.2) is 0 Å². The average Bonchev–Trinajstić information content (AvgIpc) is 2.14. The Morgan fingerprint density at radius 2 is 2.46 bits per heavy atom. The third kappa shape index (κ3) is 3.58. The van der Waals surface area contributed by atoms with E-state index in [0.717, 1.165) is 10.3 Å². The molecule has 0 radical (unpaired) electrons. The Morgan fingerprint density at radius 3 is 3.08 bits per heavy atom. The second-order valence-corrected chi connectivity index (χ2v) is 3.38. The maximum atomic E-state index is 5.31. The highest BCUT2D eigenvalue weighted by molar-refractivity contribution is 9.10. The Balaban J connectivity index is 2.51. The molecular formula is C10H10BrNO. The molecule has 0 bridgehead atoms. The van der Waals surface area contributed by atoms with Crippen molar-refractivity contribution >= 4 is 15.9 Å². The lowest BCUT2D eigenvalue weighted by atomic mass is 10.3. The van der Waals surface area contributed by atoms with Crippen molar-refractivity contribution in [3.05, 3.63) is 28.5 Å². The van der Waals surface area contributed by atoms with Gasteiger partial charge in [-0.25, -0.2) is 4.98 Å². The van der Waals surface area contributed by atoms with E-state index in [1.165, 1.54) is 0 Å². The molecule has 3 heteroatoms. The smallest absolute Gasteiger partial charge is 0.115 e. The van der Waals surface area contributed by atoms with Crippen molar-refractivity contribution in [2.24, 2.45) is 0 Å². The Labute approximate surface area is 86.5 Å². The van der Waals surface area contributed by atoms with Gasteiger partial charge in [0.25, 0.3) is 0 Å². The van der Waals surface area contributed by atoms with E-state index in [0.29, 0.717) is 6.61 Å². The van der Waals surface area contributed by atoms with Gasteiger partial charge in [-0.1, -0.05) is 12.0 Å². The second-order valence-electron chi connectivity index (χ2n) is 2.57. The SMILES string of the molecule is C#CC(C)OCc1cccc(Br)n1. The Kier molecular flexibility index (Phi) is 3.94. The molecule has 0 fully saturated rings. The summed E-state index contributed by atoms with van der Waals surface area (Å²) in [5, 5.41) is 0.